The van der Waals surface area contributed by atoms with Crippen molar-refractivity contribution in [3.63, 3.8) is 0 Å². The van der Waals surface area contributed by atoms with Crippen LogP contribution in [0.2, 0.25) is 10.0 Å². The molecule has 0 saturated heterocycles. The Balaban J connectivity index is 0.00000338. The third-order valence-electron chi connectivity index (χ3n) is 3.64. The van der Waals surface area contributed by atoms with Gasteiger partial charge in [-0.15, -0.1) is 34.2 Å². The predicted molar refractivity (Wildman–Crippen MR) is 115 cm³/mol. The number of halogens is 3. The van der Waals surface area contributed by atoms with Crippen molar-refractivity contribution in [2.75, 3.05) is 13.1 Å². The molecule has 144 valence electrons. The monoisotopic (exact) mass is 512 g/mol. The molecule has 1 heterocycles. The number of aromatic nitrogens is 3. The molecule has 10 heteroatoms. The fourth-order valence-corrected chi connectivity index (χ4v) is 2.70. The minimum Gasteiger partial charge on any atom is -0.387 e. The molecule has 1 aromatic heterocycles. The summed E-state index contributed by atoms with van der Waals surface area (Å²) in [5.74, 6) is 2.17. The highest BCUT2D eigenvalue weighted by Crippen LogP contribution is 2.23. The van der Waals surface area contributed by atoms with Crippen LogP contribution in [0, 0.1) is 6.92 Å². The summed E-state index contributed by atoms with van der Waals surface area (Å²) in [7, 11) is 1.90. The molecule has 0 fully saturated rings. The summed E-state index contributed by atoms with van der Waals surface area (Å²) >= 11 is 11.9. The summed E-state index contributed by atoms with van der Waals surface area (Å²) in [6.07, 6.45) is -0.767. The number of aliphatic hydroxyl groups is 1. The lowest BCUT2D eigenvalue weighted by Gasteiger charge is -2.16. The maximum Gasteiger partial charge on any atom is 0.191 e. The van der Waals surface area contributed by atoms with E-state index in [0.29, 0.717) is 34.7 Å². The number of benzene rings is 1. The standard InChI is InChI=1S/C16H22Cl2N6O.HI/c1-4-19-16(21-9-15-23-22-10(2)24(15)3)20-8-14(25)11-5-12(17)7-13(18)6-11;/h5-7,14,25H,4,8-9H2,1-3H3,(H2,19,20,21);1H. The molecule has 1 atom stereocenters. The topological polar surface area (TPSA) is 87.4 Å². The number of nitrogens with one attached hydrogen (secondary N) is 2. The van der Waals surface area contributed by atoms with Crippen molar-refractivity contribution in [2.24, 2.45) is 12.0 Å². The van der Waals surface area contributed by atoms with Gasteiger partial charge in [0.05, 0.1) is 6.10 Å². The van der Waals surface area contributed by atoms with E-state index >= 15 is 0 Å². The van der Waals surface area contributed by atoms with E-state index < -0.39 is 6.10 Å². The molecule has 0 bridgehead atoms. The van der Waals surface area contributed by atoms with E-state index in [1.54, 1.807) is 18.2 Å². The van der Waals surface area contributed by atoms with Crippen LogP contribution < -0.4 is 10.6 Å². The number of hydrogen-bond acceptors (Lipinski definition) is 4. The van der Waals surface area contributed by atoms with Crippen molar-refractivity contribution in [3.05, 3.63) is 45.5 Å². The first-order valence-electron chi connectivity index (χ1n) is 7.91. The Morgan fingerprint density at radius 2 is 1.88 bits per heavy atom. The number of hydrogen-bond donors (Lipinski definition) is 3. The average Bonchev–Trinajstić information content (AvgIpc) is 2.88. The van der Waals surface area contributed by atoms with Crippen molar-refractivity contribution in [1.29, 1.82) is 0 Å². The number of rotatable bonds is 6. The molecular formula is C16H23Cl2IN6O. The molecule has 0 spiro atoms. The number of aryl methyl sites for hydroxylation is 1. The zero-order chi connectivity index (χ0) is 18.4. The summed E-state index contributed by atoms with van der Waals surface area (Å²) in [5, 5.41) is 25.6. The van der Waals surface area contributed by atoms with Gasteiger partial charge in [-0.2, -0.15) is 0 Å². The molecule has 0 aliphatic carbocycles. The highest BCUT2D eigenvalue weighted by molar-refractivity contribution is 14.0. The van der Waals surface area contributed by atoms with Crippen LogP contribution in [0.4, 0.5) is 0 Å². The Morgan fingerprint density at radius 3 is 2.42 bits per heavy atom. The average molecular weight is 513 g/mol. The van der Waals surface area contributed by atoms with E-state index in [4.69, 9.17) is 23.2 Å². The molecule has 2 rings (SSSR count). The lowest BCUT2D eigenvalue weighted by Crippen LogP contribution is -2.39. The number of aliphatic hydroxyl groups excluding tert-OH is 1. The maximum absolute atomic E-state index is 10.3. The van der Waals surface area contributed by atoms with E-state index in [1.165, 1.54) is 0 Å². The second-order valence-electron chi connectivity index (χ2n) is 5.52. The third-order valence-corrected chi connectivity index (χ3v) is 4.07. The van der Waals surface area contributed by atoms with Crippen LogP contribution in [-0.4, -0.2) is 38.9 Å². The summed E-state index contributed by atoms with van der Waals surface area (Å²) < 4.78 is 1.88. The highest BCUT2D eigenvalue weighted by Gasteiger charge is 2.11. The first-order chi connectivity index (χ1) is 11.9. The van der Waals surface area contributed by atoms with Crippen LogP contribution >= 0.6 is 47.2 Å². The maximum atomic E-state index is 10.3. The van der Waals surface area contributed by atoms with E-state index in [9.17, 15) is 5.11 Å². The SMILES string of the molecule is CCNC(=NCc1nnc(C)n1C)NCC(O)c1cc(Cl)cc(Cl)c1.I. The van der Waals surface area contributed by atoms with Crippen molar-refractivity contribution in [3.8, 4) is 0 Å². The first kappa shape index (κ1) is 22.9. The van der Waals surface area contributed by atoms with Crippen LogP contribution in [0.25, 0.3) is 0 Å². The van der Waals surface area contributed by atoms with Crippen molar-refractivity contribution in [2.45, 2.75) is 26.5 Å². The van der Waals surface area contributed by atoms with Crippen molar-refractivity contribution in [1.82, 2.24) is 25.4 Å². The fourth-order valence-electron chi connectivity index (χ4n) is 2.16. The number of guanidine groups is 1. The zero-order valence-corrected chi connectivity index (χ0v) is 18.7. The molecule has 1 aromatic carbocycles. The first-order valence-corrected chi connectivity index (χ1v) is 8.67. The summed E-state index contributed by atoms with van der Waals surface area (Å²) in [4.78, 5) is 4.47. The Morgan fingerprint density at radius 1 is 1.23 bits per heavy atom. The van der Waals surface area contributed by atoms with Crippen LogP contribution in [0.15, 0.2) is 23.2 Å². The van der Waals surface area contributed by atoms with Gasteiger partial charge in [-0.1, -0.05) is 23.2 Å². The Kier molecular flexibility index (Phi) is 9.62. The van der Waals surface area contributed by atoms with Gasteiger partial charge in [-0.05, 0) is 37.6 Å². The molecule has 3 N–H and O–H groups in total. The van der Waals surface area contributed by atoms with Gasteiger partial charge in [-0.25, -0.2) is 4.99 Å². The third kappa shape index (κ3) is 6.57. The Labute approximate surface area is 180 Å². The molecule has 1 unspecified atom stereocenters. The van der Waals surface area contributed by atoms with Gasteiger partial charge in [-0.3, -0.25) is 0 Å². The van der Waals surface area contributed by atoms with Crippen LogP contribution in [-0.2, 0) is 13.6 Å². The fraction of sp³-hybridized carbons (Fsp3) is 0.438. The second kappa shape index (κ2) is 10.9. The van der Waals surface area contributed by atoms with E-state index in [-0.39, 0.29) is 30.5 Å². The minimum absolute atomic E-state index is 0. The predicted octanol–water partition coefficient (Wildman–Crippen LogP) is 2.84. The molecule has 0 radical (unpaired) electrons. The van der Waals surface area contributed by atoms with E-state index in [2.05, 4.69) is 25.8 Å². The number of nitrogens with zero attached hydrogens (tertiary/aromatic N) is 4. The van der Waals surface area contributed by atoms with Crippen molar-refractivity contribution >= 4 is 53.1 Å². The highest BCUT2D eigenvalue weighted by atomic mass is 127. The van der Waals surface area contributed by atoms with E-state index in [1.807, 2.05) is 25.5 Å². The normalized spacial score (nSPS) is 12.5. The lowest BCUT2D eigenvalue weighted by molar-refractivity contribution is 0.181. The smallest absolute Gasteiger partial charge is 0.191 e. The second-order valence-corrected chi connectivity index (χ2v) is 6.39. The molecule has 0 aliphatic heterocycles. The zero-order valence-electron chi connectivity index (χ0n) is 14.8. The molecule has 0 amide bonds. The van der Waals surface area contributed by atoms with Gasteiger partial charge in [0.1, 0.15) is 12.4 Å². The van der Waals surface area contributed by atoms with Gasteiger partial charge < -0.3 is 20.3 Å². The Hall–Kier alpha value is -1.10. The Bertz CT molecular complexity index is 732. The van der Waals surface area contributed by atoms with Crippen LogP contribution in [0.1, 0.15) is 30.2 Å². The molecule has 26 heavy (non-hydrogen) atoms. The quantitative estimate of drug-likeness (QED) is 0.315. The van der Waals surface area contributed by atoms with Crippen LogP contribution in [0.5, 0.6) is 0 Å². The van der Waals surface area contributed by atoms with E-state index in [0.717, 1.165) is 11.6 Å². The van der Waals surface area contributed by atoms with Gasteiger partial charge in [0.2, 0.25) is 0 Å². The van der Waals surface area contributed by atoms with Gasteiger partial charge >= 0.3 is 0 Å². The molecular weight excluding hydrogens is 490 g/mol. The largest absolute Gasteiger partial charge is 0.387 e. The minimum atomic E-state index is -0.767. The summed E-state index contributed by atoms with van der Waals surface area (Å²) in [6.45, 7) is 5.20. The lowest BCUT2D eigenvalue weighted by atomic mass is 10.1. The molecule has 7 nitrogen and oxygen atoms in total. The number of aliphatic imine (C=N–C) groups is 1. The molecule has 0 aliphatic rings. The van der Waals surface area contributed by atoms with Crippen molar-refractivity contribution < 1.29 is 5.11 Å². The molecule has 0 saturated carbocycles. The molecule has 2 aromatic rings. The van der Waals surface area contributed by atoms with Gasteiger partial charge in [0.15, 0.2) is 11.8 Å². The summed E-state index contributed by atoms with van der Waals surface area (Å²) in [6, 6.07) is 5.00. The van der Waals surface area contributed by atoms with Gasteiger partial charge in [0.25, 0.3) is 0 Å². The van der Waals surface area contributed by atoms with Crippen LogP contribution in [0.3, 0.4) is 0 Å². The summed E-state index contributed by atoms with van der Waals surface area (Å²) in [5.41, 5.74) is 0.643. The van der Waals surface area contributed by atoms with Gasteiger partial charge in [0, 0.05) is 30.2 Å².